The first-order valence-electron chi connectivity index (χ1n) is 10.3. The lowest BCUT2D eigenvalue weighted by atomic mass is 9.93. The number of fused-ring (bicyclic) bond motifs is 1. The van der Waals surface area contributed by atoms with E-state index in [0.717, 1.165) is 0 Å². The number of rotatable bonds is 3. The molecule has 8 nitrogen and oxygen atoms in total. The summed E-state index contributed by atoms with van der Waals surface area (Å²) in [5, 5.41) is 3.61. The van der Waals surface area contributed by atoms with E-state index in [-0.39, 0.29) is 35.7 Å². The van der Waals surface area contributed by atoms with Gasteiger partial charge in [-0.3, -0.25) is 14.4 Å². The molecule has 3 heterocycles. The number of piperidine rings is 2. The quantitative estimate of drug-likeness (QED) is 0.740. The topological polar surface area (TPSA) is 90.0 Å². The van der Waals surface area contributed by atoms with Gasteiger partial charge < -0.3 is 15.1 Å². The highest BCUT2D eigenvalue weighted by atomic mass is 35.5. The van der Waals surface area contributed by atoms with Crippen LogP contribution in [-0.2, 0) is 14.4 Å². The molecule has 5 amide bonds. The number of hydrogen-bond acceptors (Lipinski definition) is 4. The van der Waals surface area contributed by atoms with Crippen LogP contribution in [-0.4, -0.2) is 65.3 Å². The number of likely N-dealkylation sites (tertiary alicyclic amines) is 1. The zero-order valence-corrected chi connectivity index (χ0v) is 17.6. The Hall–Kier alpha value is -2.61. The van der Waals surface area contributed by atoms with E-state index in [2.05, 4.69) is 5.32 Å². The number of urea groups is 1. The molecule has 3 saturated heterocycles. The van der Waals surface area contributed by atoms with E-state index in [1.54, 1.807) is 41.0 Å². The third-order valence-corrected chi connectivity index (χ3v) is 6.54. The smallest absolute Gasteiger partial charge is 0.332 e. The molecule has 9 heteroatoms. The molecule has 1 aromatic rings. The van der Waals surface area contributed by atoms with Gasteiger partial charge in [0.2, 0.25) is 11.8 Å². The Morgan fingerprint density at radius 1 is 1.03 bits per heavy atom. The molecule has 4 rings (SSSR count). The van der Waals surface area contributed by atoms with Crippen LogP contribution in [0.15, 0.2) is 24.3 Å². The van der Waals surface area contributed by atoms with Gasteiger partial charge in [-0.1, -0.05) is 11.6 Å². The Balaban J connectivity index is 1.37. The van der Waals surface area contributed by atoms with E-state index in [0.29, 0.717) is 56.0 Å². The molecule has 0 bridgehead atoms. The number of nitrogens with one attached hydrogen (secondary N) is 1. The first kappa shape index (κ1) is 20.7. The molecule has 0 radical (unpaired) electrons. The van der Waals surface area contributed by atoms with E-state index in [9.17, 15) is 19.2 Å². The Labute approximate surface area is 180 Å². The van der Waals surface area contributed by atoms with Crippen LogP contribution in [0, 0.1) is 5.92 Å². The zero-order valence-electron chi connectivity index (χ0n) is 16.8. The lowest BCUT2D eigenvalue weighted by Crippen LogP contribution is -2.51. The van der Waals surface area contributed by atoms with Crippen molar-refractivity contribution >= 4 is 41.0 Å². The van der Waals surface area contributed by atoms with Crippen molar-refractivity contribution in [2.75, 3.05) is 24.5 Å². The lowest BCUT2D eigenvalue weighted by molar-refractivity contribution is -0.134. The fourth-order valence-corrected chi connectivity index (χ4v) is 4.66. The number of imide groups is 1. The maximum atomic E-state index is 12.9. The van der Waals surface area contributed by atoms with Crippen molar-refractivity contribution in [3.63, 3.8) is 0 Å². The predicted octanol–water partition coefficient (Wildman–Crippen LogP) is 2.01. The van der Waals surface area contributed by atoms with Gasteiger partial charge in [-0.2, -0.15) is 0 Å². The molecule has 2 atom stereocenters. The van der Waals surface area contributed by atoms with Gasteiger partial charge >= 0.3 is 6.03 Å². The summed E-state index contributed by atoms with van der Waals surface area (Å²) >= 11 is 5.91. The summed E-state index contributed by atoms with van der Waals surface area (Å²) in [6, 6.07) is 5.57. The van der Waals surface area contributed by atoms with Crippen LogP contribution in [0.1, 0.15) is 32.6 Å². The second-order valence-corrected chi connectivity index (χ2v) is 8.59. The number of nitrogens with zero attached hydrogens (tertiary/aromatic N) is 3. The highest BCUT2D eigenvalue weighted by molar-refractivity contribution is 6.30. The average molecular weight is 433 g/mol. The Bertz CT molecular complexity index is 866. The van der Waals surface area contributed by atoms with Gasteiger partial charge in [-0.15, -0.1) is 0 Å². The minimum Gasteiger partial charge on any atom is -0.353 e. The molecule has 3 fully saturated rings. The lowest BCUT2D eigenvalue weighted by Gasteiger charge is -2.35. The Morgan fingerprint density at radius 3 is 2.33 bits per heavy atom. The van der Waals surface area contributed by atoms with Gasteiger partial charge in [0.15, 0.2) is 0 Å². The third kappa shape index (κ3) is 3.88. The fraction of sp³-hybridized carbons (Fsp3) is 0.524. The number of benzene rings is 1. The van der Waals surface area contributed by atoms with Crippen LogP contribution in [0.3, 0.4) is 0 Å². The van der Waals surface area contributed by atoms with Crippen LogP contribution in [0.2, 0.25) is 5.02 Å². The molecule has 0 saturated carbocycles. The van der Waals surface area contributed by atoms with E-state index < -0.39 is 6.04 Å². The largest absolute Gasteiger partial charge is 0.353 e. The van der Waals surface area contributed by atoms with Crippen LogP contribution in [0.5, 0.6) is 0 Å². The number of carbonyl (C=O) groups excluding carboxylic acids is 4. The van der Waals surface area contributed by atoms with Crippen LogP contribution < -0.4 is 10.2 Å². The van der Waals surface area contributed by atoms with Gasteiger partial charge in [0, 0.05) is 43.5 Å². The van der Waals surface area contributed by atoms with Crippen molar-refractivity contribution in [1.29, 1.82) is 0 Å². The van der Waals surface area contributed by atoms with Crippen molar-refractivity contribution in [2.45, 2.75) is 44.7 Å². The Morgan fingerprint density at radius 2 is 1.70 bits per heavy atom. The first-order chi connectivity index (χ1) is 14.3. The maximum absolute atomic E-state index is 12.9. The average Bonchev–Trinajstić information content (AvgIpc) is 2.98. The van der Waals surface area contributed by atoms with Crippen LogP contribution in [0.4, 0.5) is 10.5 Å². The van der Waals surface area contributed by atoms with Gasteiger partial charge in [-0.05, 0) is 49.9 Å². The van der Waals surface area contributed by atoms with Crippen LogP contribution >= 0.6 is 11.6 Å². The molecule has 0 unspecified atom stereocenters. The molecule has 3 aliphatic rings. The molecule has 1 aromatic carbocycles. The summed E-state index contributed by atoms with van der Waals surface area (Å²) < 4.78 is 0. The standard InChI is InChI=1S/C21H25ClN4O4/c1-13(27)24-9-6-14(7-10-24)19(28)23-16-8-11-25-18(12-16)20(29)26(21(25)30)17-4-2-15(22)3-5-17/h2-5,14,16,18H,6-12H2,1H3,(H,23,28)/t16-,18-/m0/s1. The molecule has 160 valence electrons. The predicted molar refractivity (Wildman–Crippen MR) is 111 cm³/mol. The summed E-state index contributed by atoms with van der Waals surface area (Å²) in [5.74, 6) is -0.375. The SMILES string of the molecule is CC(=O)N1CCC(C(=O)N[C@H]2CCN3C(=O)N(c4ccc(Cl)cc4)C(=O)[C@@H]3C2)CC1. The number of anilines is 1. The number of halogens is 1. The normalized spacial score (nSPS) is 24.8. The zero-order chi connectivity index (χ0) is 21.4. The number of hydrogen-bond donors (Lipinski definition) is 1. The summed E-state index contributed by atoms with van der Waals surface area (Å²) in [6.07, 6.45) is 2.32. The highest BCUT2D eigenvalue weighted by Gasteiger charge is 2.48. The molecular weight excluding hydrogens is 408 g/mol. The molecule has 1 N–H and O–H groups in total. The molecule has 0 aromatic heterocycles. The van der Waals surface area contributed by atoms with Crippen molar-refractivity contribution in [2.24, 2.45) is 5.92 Å². The summed E-state index contributed by atoms with van der Waals surface area (Å²) in [5.41, 5.74) is 0.501. The Kier molecular flexibility index (Phi) is 5.69. The molecule has 3 aliphatic heterocycles. The van der Waals surface area contributed by atoms with E-state index >= 15 is 0 Å². The fourth-order valence-electron chi connectivity index (χ4n) is 4.53. The first-order valence-corrected chi connectivity index (χ1v) is 10.7. The minimum atomic E-state index is -0.563. The van der Waals surface area contributed by atoms with Crippen molar-refractivity contribution < 1.29 is 19.2 Å². The number of carbonyl (C=O) groups is 4. The van der Waals surface area contributed by atoms with Crippen LogP contribution in [0.25, 0.3) is 0 Å². The van der Waals surface area contributed by atoms with Crippen molar-refractivity contribution in [3.8, 4) is 0 Å². The molecule has 0 spiro atoms. The minimum absolute atomic E-state index is 0.0250. The van der Waals surface area contributed by atoms with Gasteiger partial charge in [-0.25, -0.2) is 9.69 Å². The van der Waals surface area contributed by atoms with Gasteiger partial charge in [0.25, 0.3) is 5.91 Å². The van der Waals surface area contributed by atoms with E-state index in [4.69, 9.17) is 11.6 Å². The van der Waals surface area contributed by atoms with Gasteiger partial charge in [0.05, 0.1) is 5.69 Å². The second-order valence-electron chi connectivity index (χ2n) is 8.15. The summed E-state index contributed by atoms with van der Waals surface area (Å²) in [6.45, 7) is 3.16. The molecular formula is C21H25ClN4O4. The molecule has 30 heavy (non-hydrogen) atoms. The molecule has 0 aliphatic carbocycles. The maximum Gasteiger partial charge on any atom is 0.332 e. The summed E-state index contributed by atoms with van der Waals surface area (Å²) in [7, 11) is 0. The summed E-state index contributed by atoms with van der Waals surface area (Å²) in [4.78, 5) is 54.4. The second kappa shape index (κ2) is 8.26. The third-order valence-electron chi connectivity index (χ3n) is 6.29. The van der Waals surface area contributed by atoms with E-state index in [1.807, 2.05) is 0 Å². The monoisotopic (exact) mass is 432 g/mol. The van der Waals surface area contributed by atoms with Gasteiger partial charge in [0.1, 0.15) is 6.04 Å². The van der Waals surface area contributed by atoms with Crippen molar-refractivity contribution in [1.82, 2.24) is 15.1 Å². The highest BCUT2D eigenvalue weighted by Crippen LogP contribution is 2.31. The number of amides is 5. The van der Waals surface area contributed by atoms with E-state index in [1.165, 1.54) is 4.90 Å². The van der Waals surface area contributed by atoms with Crippen molar-refractivity contribution in [3.05, 3.63) is 29.3 Å².